The van der Waals surface area contributed by atoms with Gasteiger partial charge in [-0.05, 0) is 47.9 Å². The van der Waals surface area contributed by atoms with Gasteiger partial charge in [0.15, 0.2) is 5.16 Å². The number of carbonyl (C=O) groups excluding carboxylic acids is 1. The molecular weight excluding hydrogens is 356 g/mol. The van der Waals surface area contributed by atoms with Crippen molar-refractivity contribution in [3.05, 3.63) is 59.7 Å². The number of hydrogen-bond acceptors (Lipinski definition) is 3. The molecule has 4 nitrogen and oxygen atoms in total. The van der Waals surface area contributed by atoms with E-state index in [2.05, 4.69) is 16.4 Å². The third kappa shape index (κ3) is 3.31. The van der Waals surface area contributed by atoms with E-state index in [-0.39, 0.29) is 23.7 Å². The second-order valence-corrected chi connectivity index (χ2v) is 7.16. The summed E-state index contributed by atoms with van der Waals surface area (Å²) in [5, 5.41) is 3.19. The molecule has 26 heavy (non-hydrogen) atoms. The van der Waals surface area contributed by atoms with Crippen molar-refractivity contribution in [2.24, 2.45) is 0 Å². The number of benzene rings is 2. The molecule has 1 N–H and O–H groups in total. The van der Waals surface area contributed by atoms with E-state index in [1.807, 2.05) is 24.3 Å². The molecule has 2 aromatic carbocycles. The number of alkyl halides is 2. The van der Waals surface area contributed by atoms with Crippen molar-refractivity contribution in [2.75, 3.05) is 0 Å². The number of rotatable bonds is 5. The standard InChI is InChI=1S/C19H17F2N3OS/c20-18(21)26-19-23-15-7-3-4-8-16(15)24(19)11-17(25)22-14-10-9-12-5-1-2-6-13(12)14/h1-8,14,18H,9-11H2,(H,22,25). The Labute approximate surface area is 153 Å². The number of aromatic nitrogens is 2. The van der Waals surface area contributed by atoms with Crippen LogP contribution in [0.25, 0.3) is 11.0 Å². The summed E-state index contributed by atoms with van der Waals surface area (Å²) in [4.78, 5) is 16.8. The minimum atomic E-state index is -2.59. The first-order valence-corrected chi connectivity index (χ1v) is 9.27. The number of imidazole rings is 1. The van der Waals surface area contributed by atoms with Crippen LogP contribution in [-0.4, -0.2) is 21.2 Å². The maximum Gasteiger partial charge on any atom is 0.291 e. The Bertz CT molecular complexity index is 957. The highest BCUT2D eigenvalue weighted by molar-refractivity contribution is 7.99. The van der Waals surface area contributed by atoms with Crippen molar-refractivity contribution in [1.82, 2.24) is 14.9 Å². The Kier molecular flexibility index (Phi) is 4.63. The Morgan fingerprint density at radius 1 is 1.23 bits per heavy atom. The van der Waals surface area contributed by atoms with Crippen molar-refractivity contribution < 1.29 is 13.6 Å². The minimum Gasteiger partial charge on any atom is -0.348 e. The zero-order valence-electron chi connectivity index (χ0n) is 13.9. The number of thioether (sulfide) groups is 1. The van der Waals surface area contributed by atoms with Crippen LogP contribution in [0.5, 0.6) is 0 Å². The van der Waals surface area contributed by atoms with Crippen molar-refractivity contribution >= 4 is 28.7 Å². The third-order valence-electron chi connectivity index (χ3n) is 4.58. The molecule has 0 bridgehead atoms. The van der Waals surface area contributed by atoms with Gasteiger partial charge in [-0.15, -0.1) is 0 Å². The molecule has 1 aliphatic rings. The first-order valence-electron chi connectivity index (χ1n) is 8.39. The van der Waals surface area contributed by atoms with Gasteiger partial charge in [-0.3, -0.25) is 4.79 Å². The quantitative estimate of drug-likeness (QED) is 0.684. The number of nitrogens with one attached hydrogen (secondary N) is 1. The van der Waals surface area contributed by atoms with Gasteiger partial charge in [-0.1, -0.05) is 36.4 Å². The molecule has 0 spiro atoms. The van der Waals surface area contributed by atoms with Gasteiger partial charge in [-0.25, -0.2) is 4.98 Å². The number of fused-ring (bicyclic) bond motifs is 2. The van der Waals surface area contributed by atoms with Crippen LogP contribution in [0.2, 0.25) is 0 Å². The summed E-state index contributed by atoms with van der Waals surface area (Å²) in [5.41, 5.74) is 3.67. The first-order chi connectivity index (χ1) is 12.6. The van der Waals surface area contributed by atoms with E-state index in [0.717, 1.165) is 18.4 Å². The fourth-order valence-electron chi connectivity index (χ4n) is 3.47. The molecule has 0 saturated carbocycles. The molecule has 3 aromatic rings. The van der Waals surface area contributed by atoms with E-state index in [4.69, 9.17) is 0 Å². The van der Waals surface area contributed by atoms with E-state index in [1.165, 1.54) is 5.56 Å². The van der Waals surface area contributed by atoms with Gasteiger partial charge in [0.25, 0.3) is 5.76 Å². The van der Waals surface area contributed by atoms with E-state index < -0.39 is 5.76 Å². The van der Waals surface area contributed by atoms with Crippen molar-refractivity contribution in [1.29, 1.82) is 0 Å². The maximum absolute atomic E-state index is 12.9. The lowest BCUT2D eigenvalue weighted by Gasteiger charge is -2.15. The topological polar surface area (TPSA) is 46.9 Å². The molecule has 0 radical (unpaired) electrons. The fourth-order valence-corrected chi connectivity index (χ4v) is 4.07. The lowest BCUT2D eigenvalue weighted by atomic mass is 10.1. The van der Waals surface area contributed by atoms with Crippen molar-refractivity contribution in [2.45, 2.75) is 36.3 Å². The molecule has 0 saturated heterocycles. The summed E-state index contributed by atoms with van der Waals surface area (Å²) in [6.45, 7) is -0.0335. The van der Waals surface area contributed by atoms with Gasteiger partial charge >= 0.3 is 0 Å². The summed E-state index contributed by atoms with van der Waals surface area (Å²) in [5.74, 6) is -2.79. The molecule has 134 valence electrons. The molecule has 1 heterocycles. The van der Waals surface area contributed by atoms with Crippen LogP contribution in [0.1, 0.15) is 23.6 Å². The molecule has 0 aliphatic heterocycles. The summed E-state index contributed by atoms with van der Waals surface area (Å²) in [6.07, 6.45) is 1.79. The van der Waals surface area contributed by atoms with Gasteiger partial charge in [-0.2, -0.15) is 8.78 Å². The van der Waals surface area contributed by atoms with Crippen LogP contribution in [0, 0.1) is 0 Å². The monoisotopic (exact) mass is 373 g/mol. The van der Waals surface area contributed by atoms with E-state index in [0.29, 0.717) is 22.8 Å². The molecule has 1 aromatic heterocycles. The molecule has 1 unspecified atom stereocenters. The van der Waals surface area contributed by atoms with E-state index in [9.17, 15) is 13.6 Å². The summed E-state index contributed by atoms with van der Waals surface area (Å²) in [6, 6.07) is 15.2. The Morgan fingerprint density at radius 2 is 2.00 bits per heavy atom. The Morgan fingerprint density at radius 3 is 2.85 bits per heavy atom. The van der Waals surface area contributed by atoms with E-state index in [1.54, 1.807) is 22.8 Å². The minimum absolute atomic E-state index is 0.0281. The molecular formula is C19H17F2N3OS. The van der Waals surface area contributed by atoms with Gasteiger partial charge in [0.05, 0.1) is 17.1 Å². The fraction of sp³-hybridized carbons (Fsp3) is 0.263. The molecule has 1 aliphatic carbocycles. The zero-order valence-corrected chi connectivity index (χ0v) is 14.7. The van der Waals surface area contributed by atoms with Gasteiger partial charge in [0.2, 0.25) is 5.91 Å². The molecule has 0 fully saturated rings. The lowest BCUT2D eigenvalue weighted by Crippen LogP contribution is -2.30. The predicted molar refractivity (Wildman–Crippen MR) is 97.2 cm³/mol. The van der Waals surface area contributed by atoms with Crippen LogP contribution >= 0.6 is 11.8 Å². The summed E-state index contributed by atoms with van der Waals surface area (Å²) < 4.78 is 27.3. The Hall–Kier alpha value is -2.41. The number of para-hydroxylation sites is 2. The predicted octanol–water partition coefficient (Wildman–Crippen LogP) is 4.15. The highest BCUT2D eigenvalue weighted by Crippen LogP contribution is 2.31. The average molecular weight is 373 g/mol. The maximum atomic E-state index is 12.9. The SMILES string of the molecule is O=C(Cn1c(SC(F)F)nc2ccccc21)NC1CCc2ccccc21. The molecule has 1 amide bonds. The number of carbonyl (C=O) groups is 1. The summed E-state index contributed by atoms with van der Waals surface area (Å²) >= 11 is 0.363. The van der Waals surface area contributed by atoms with Crippen LogP contribution in [0.3, 0.4) is 0 Å². The third-order valence-corrected chi connectivity index (χ3v) is 5.28. The zero-order chi connectivity index (χ0) is 18.1. The normalized spacial score (nSPS) is 16.2. The van der Waals surface area contributed by atoms with Gasteiger partial charge in [0.1, 0.15) is 6.54 Å². The largest absolute Gasteiger partial charge is 0.348 e. The second-order valence-electron chi connectivity index (χ2n) is 6.21. The van der Waals surface area contributed by atoms with E-state index >= 15 is 0 Å². The number of hydrogen-bond donors (Lipinski definition) is 1. The van der Waals surface area contributed by atoms with Crippen LogP contribution in [-0.2, 0) is 17.8 Å². The molecule has 7 heteroatoms. The van der Waals surface area contributed by atoms with Crippen molar-refractivity contribution in [3.8, 4) is 0 Å². The first kappa shape index (κ1) is 17.0. The summed E-state index contributed by atoms with van der Waals surface area (Å²) in [7, 11) is 0. The van der Waals surface area contributed by atoms with Crippen LogP contribution in [0.4, 0.5) is 8.78 Å². The molecule has 4 rings (SSSR count). The number of aryl methyl sites for hydroxylation is 1. The highest BCUT2D eigenvalue weighted by atomic mass is 32.2. The van der Waals surface area contributed by atoms with Crippen LogP contribution in [0.15, 0.2) is 53.7 Å². The lowest BCUT2D eigenvalue weighted by molar-refractivity contribution is -0.122. The van der Waals surface area contributed by atoms with Crippen LogP contribution < -0.4 is 5.32 Å². The highest BCUT2D eigenvalue weighted by Gasteiger charge is 2.24. The smallest absolute Gasteiger partial charge is 0.291 e. The number of amides is 1. The number of halogens is 2. The van der Waals surface area contributed by atoms with Crippen molar-refractivity contribution in [3.63, 3.8) is 0 Å². The average Bonchev–Trinajstić information content (AvgIpc) is 3.17. The number of nitrogens with zero attached hydrogens (tertiary/aromatic N) is 2. The molecule has 1 atom stereocenters. The Balaban J connectivity index is 1.56. The van der Waals surface area contributed by atoms with Gasteiger partial charge in [0, 0.05) is 0 Å². The van der Waals surface area contributed by atoms with Gasteiger partial charge < -0.3 is 9.88 Å². The second kappa shape index (κ2) is 7.07.